The van der Waals surface area contributed by atoms with Crippen molar-refractivity contribution in [2.45, 2.75) is 38.5 Å². The summed E-state index contributed by atoms with van der Waals surface area (Å²) in [7, 11) is -6.85. The zero-order chi connectivity index (χ0) is 36.9. The summed E-state index contributed by atoms with van der Waals surface area (Å²) in [6.07, 6.45) is -3.78. The van der Waals surface area contributed by atoms with E-state index in [9.17, 15) is 45.9 Å². The summed E-state index contributed by atoms with van der Waals surface area (Å²) < 4.78 is 76.1. The van der Waals surface area contributed by atoms with E-state index in [1.165, 1.54) is 6.66 Å². The number of para-hydroxylation sites is 1. The number of hydrogen-bond acceptors (Lipinski definition) is 10. The number of aliphatic carboxylic acids is 1. The average Bonchev–Trinajstić information content (AvgIpc) is 3.31. The average molecular weight is 762 g/mol. The minimum absolute atomic E-state index is 0.0412. The number of rotatable bonds is 7. The fourth-order valence-electron chi connectivity index (χ4n) is 3.79. The number of nitrogens with zero attached hydrogens (tertiary/aromatic N) is 4. The highest BCUT2D eigenvalue weighted by atomic mass is 35.5. The van der Waals surface area contributed by atoms with Crippen LogP contribution in [-0.4, -0.2) is 74.2 Å². The number of carbonyl (C=O) groups is 2. The minimum Gasteiger partial charge on any atom is -0.480 e. The Morgan fingerprint density at radius 2 is 1.75 bits per heavy atom. The van der Waals surface area contributed by atoms with Crippen molar-refractivity contribution in [2.75, 3.05) is 23.3 Å². The van der Waals surface area contributed by atoms with E-state index in [2.05, 4.69) is 9.82 Å². The zero-order valence-corrected chi connectivity index (χ0v) is 28.3. The molecule has 1 aliphatic rings. The first-order chi connectivity index (χ1) is 21.9. The first kappa shape index (κ1) is 40.2. The molecule has 2 unspecified atom stereocenters. The van der Waals surface area contributed by atoms with Gasteiger partial charge in [0.2, 0.25) is 5.82 Å². The lowest BCUT2D eigenvalue weighted by Crippen LogP contribution is -2.48. The molecule has 0 radical (unpaired) electrons. The Balaban J connectivity index is 0.000000264. The van der Waals surface area contributed by atoms with Crippen LogP contribution in [0.4, 0.5) is 30.4 Å². The molecule has 2 aromatic carbocycles. The van der Waals surface area contributed by atoms with Gasteiger partial charge in [0.25, 0.3) is 5.91 Å². The van der Waals surface area contributed by atoms with Gasteiger partial charge in [0.15, 0.2) is 7.37 Å². The number of carboxylic acids is 1. The second-order valence-electron chi connectivity index (χ2n) is 10.2. The Hall–Kier alpha value is -3.94. The van der Waals surface area contributed by atoms with E-state index in [0.717, 1.165) is 15.2 Å². The van der Waals surface area contributed by atoms with E-state index in [1.54, 1.807) is 38.1 Å². The molecule has 0 aliphatic carbocycles. The molecular formula is C25H29Cl2F3N7O9PS. The van der Waals surface area contributed by atoms with Gasteiger partial charge in [0.05, 0.1) is 31.8 Å². The van der Waals surface area contributed by atoms with Gasteiger partial charge in [-0.15, -0.1) is 0 Å². The zero-order valence-electron chi connectivity index (χ0n) is 25.1. The normalized spacial score (nSPS) is 15.5. The van der Waals surface area contributed by atoms with Crippen molar-refractivity contribution in [3.63, 3.8) is 0 Å². The Bertz CT molecular complexity index is 1830. The smallest absolute Gasteiger partial charge is 0.416 e. The molecular weight excluding hydrogens is 733 g/mol. The predicted octanol–water partition coefficient (Wildman–Crippen LogP) is 4.58. The molecule has 2 atom stereocenters. The van der Waals surface area contributed by atoms with Crippen LogP contribution in [0.15, 0.2) is 42.6 Å². The number of nitrogens with one attached hydrogen (secondary N) is 1. The number of alkyl halides is 3. The van der Waals surface area contributed by atoms with Gasteiger partial charge >= 0.3 is 28.0 Å². The summed E-state index contributed by atoms with van der Waals surface area (Å²) in [5, 5.41) is 21.8. The standard InChI is InChI=1S/C10H5Cl2F3N4O2.C10H12N2O3S.C5H12NO4P/c11-5-1-4(10(13,14)15)2-6(12)8(5)18-9(16)7(3-17-18)19(20)21;1-7(2)12-10(13)8-5-3-4-6-9(8)11-16(12,14)15;1-11(9,10)3-2-4(6)5(7)8/h1-3H,16H2;3-7,11H,1-2H3;4H,2-3,6H2,1H3,(H,7,8)(H,9,10). The number of carbonyl (C=O) groups excluding carboxylic acids is 1. The van der Waals surface area contributed by atoms with Crippen molar-refractivity contribution in [1.29, 1.82) is 0 Å². The third kappa shape index (κ3) is 10.3. The summed E-state index contributed by atoms with van der Waals surface area (Å²) >= 11 is 11.5. The fourth-order valence-corrected chi connectivity index (χ4v) is 6.62. The maximum Gasteiger partial charge on any atom is 0.416 e. The molecule has 0 saturated heterocycles. The number of hydrogen-bond donors (Lipinski definition) is 5. The number of fused-ring (bicyclic) bond motifs is 1. The maximum atomic E-state index is 12.6. The van der Waals surface area contributed by atoms with Crippen molar-refractivity contribution in [3.05, 3.63) is 73.9 Å². The molecule has 0 fully saturated rings. The highest BCUT2D eigenvalue weighted by molar-refractivity contribution is 7.91. The quantitative estimate of drug-likeness (QED) is 0.126. The molecule has 0 bridgehead atoms. The molecule has 2 heterocycles. The molecule has 0 saturated carbocycles. The third-order valence-corrected chi connectivity index (χ3v) is 9.28. The van der Waals surface area contributed by atoms with Crippen LogP contribution in [0.1, 0.15) is 36.2 Å². The number of anilines is 2. The van der Waals surface area contributed by atoms with Gasteiger partial charge in [0.1, 0.15) is 17.9 Å². The van der Waals surface area contributed by atoms with E-state index < -0.39 is 69.7 Å². The number of amides is 1. The topological polar surface area (TPSA) is 254 Å². The SMILES string of the molecule is CC(C)N1C(=O)c2ccccc2NS1(=O)=O.CP(=O)(O)CCC(N)C(=O)O.Nc1c([N+](=O)[O-])cnn1-c1c(Cl)cc(C(F)(F)F)cc1Cl. The molecule has 48 heavy (non-hydrogen) atoms. The van der Waals surface area contributed by atoms with Crippen molar-refractivity contribution in [2.24, 2.45) is 5.73 Å². The lowest BCUT2D eigenvalue weighted by atomic mass is 10.1. The number of carboxylic acid groups (broad SMARTS) is 1. The summed E-state index contributed by atoms with van der Waals surface area (Å²) in [6.45, 7) is 4.50. The van der Waals surface area contributed by atoms with E-state index in [0.29, 0.717) is 23.4 Å². The summed E-state index contributed by atoms with van der Waals surface area (Å²) in [5.41, 5.74) is 9.59. The van der Waals surface area contributed by atoms with Crippen LogP contribution in [0.25, 0.3) is 5.69 Å². The van der Waals surface area contributed by atoms with Crippen LogP contribution < -0.4 is 16.2 Å². The molecule has 264 valence electrons. The lowest BCUT2D eigenvalue weighted by Gasteiger charge is -2.31. The third-order valence-electron chi connectivity index (χ3n) is 6.04. The monoisotopic (exact) mass is 761 g/mol. The van der Waals surface area contributed by atoms with Crippen LogP contribution in [-0.2, 0) is 25.7 Å². The molecule has 1 amide bonds. The van der Waals surface area contributed by atoms with Gasteiger partial charge in [-0.25, -0.2) is 8.99 Å². The highest BCUT2D eigenvalue weighted by Crippen LogP contribution is 2.39. The molecule has 3 aromatic rings. The molecule has 7 N–H and O–H groups in total. The van der Waals surface area contributed by atoms with Crippen LogP contribution in [0.5, 0.6) is 0 Å². The van der Waals surface area contributed by atoms with E-state index in [4.69, 9.17) is 44.7 Å². The summed E-state index contributed by atoms with van der Waals surface area (Å²) in [4.78, 5) is 40.7. The number of nitrogen functional groups attached to an aromatic ring is 1. The molecule has 0 spiro atoms. The van der Waals surface area contributed by atoms with Crippen LogP contribution in [0.2, 0.25) is 10.0 Å². The fraction of sp³-hybridized carbons (Fsp3) is 0.320. The second-order valence-corrected chi connectivity index (χ2v) is 15.1. The Morgan fingerprint density at radius 1 is 1.21 bits per heavy atom. The number of nitrogens with two attached hydrogens (primary N) is 2. The summed E-state index contributed by atoms with van der Waals surface area (Å²) in [5.74, 6) is -2.02. The van der Waals surface area contributed by atoms with Crippen molar-refractivity contribution < 1.29 is 50.7 Å². The van der Waals surface area contributed by atoms with Crippen molar-refractivity contribution in [1.82, 2.24) is 14.1 Å². The molecule has 16 nitrogen and oxygen atoms in total. The Labute approximate surface area is 281 Å². The van der Waals surface area contributed by atoms with Crippen LogP contribution >= 0.6 is 30.6 Å². The van der Waals surface area contributed by atoms with Crippen molar-refractivity contribution in [3.8, 4) is 5.69 Å². The van der Waals surface area contributed by atoms with Gasteiger partial charge in [0, 0.05) is 18.9 Å². The number of nitro groups is 1. The van der Waals surface area contributed by atoms with Crippen LogP contribution in [0.3, 0.4) is 0 Å². The molecule has 1 aliphatic heterocycles. The molecule has 4 rings (SSSR count). The maximum absolute atomic E-state index is 12.6. The second kappa shape index (κ2) is 15.5. The minimum atomic E-state index is -4.63. The number of halogens is 5. The first-order valence-electron chi connectivity index (χ1n) is 13.2. The summed E-state index contributed by atoms with van der Waals surface area (Å²) in [6, 6.07) is 6.39. The van der Waals surface area contributed by atoms with E-state index >= 15 is 0 Å². The van der Waals surface area contributed by atoms with Gasteiger partial charge < -0.3 is 21.5 Å². The number of benzene rings is 2. The van der Waals surface area contributed by atoms with Gasteiger partial charge in [-0.05, 0) is 44.5 Å². The molecule has 23 heteroatoms. The lowest BCUT2D eigenvalue weighted by molar-refractivity contribution is -0.383. The largest absolute Gasteiger partial charge is 0.480 e. The van der Waals surface area contributed by atoms with Gasteiger partial charge in [-0.3, -0.25) is 29.0 Å². The Morgan fingerprint density at radius 3 is 2.19 bits per heavy atom. The highest BCUT2D eigenvalue weighted by Gasteiger charge is 2.37. The first-order valence-corrected chi connectivity index (χ1v) is 17.7. The number of aromatic nitrogens is 2. The van der Waals surface area contributed by atoms with Gasteiger partial charge in [-0.2, -0.15) is 26.7 Å². The van der Waals surface area contributed by atoms with Crippen molar-refractivity contribution >= 4 is 69.8 Å². The Kier molecular flexibility index (Phi) is 13.0. The van der Waals surface area contributed by atoms with Crippen LogP contribution in [0, 0.1) is 10.1 Å². The molecule has 1 aromatic heterocycles. The van der Waals surface area contributed by atoms with E-state index in [1.807, 2.05) is 0 Å². The van der Waals surface area contributed by atoms with Gasteiger partial charge in [-0.1, -0.05) is 35.3 Å². The van der Waals surface area contributed by atoms with E-state index in [-0.39, 0.29) is 28.3 Å². The predicted molar refractivity (Wildman–Crippen MR) is 171 cm³/mol.